The minimum absolute atomic E-state index is 0.151. The predicted molar refractivity (Wildman–Crippen MR) is 105 cm³/mol. The van der Waals surface area contributed by atoms with Crippen LogP contribution in [0.3, 0.4) is 0 Å². The van der Waals surface area contributed by atoms with Crippen molar-refractivity contribution in [3.05, 3.63) is 35.8 Å². The molecule has 0 saturated heterocycles. The molecule has 0 radical (unpaired) electrons. The van der Waals surface area contributed by atoms with E-state index in [0.717, 1.165) is 26.0 Å². The van der Waals surface area contributed by atoms with Crippen LogP contribution in [0.5, 0.6) is 5.75 Å². The molecule has 11 heteroatoms. The number of nitrogens with one attached hydrogen (secondary N) is 2. The highest BCUT2D eigenvalue weighted by atomic mass is 19.4. The fourth-order valence-corrected chi connectivity index (χ4v) is 3.68. The predicted octanol–water partition coefficient (Wildman–Crippen LogP) is 4.95. The van der Waals surface area contributed by atoms with Gasteiger partial charge in [0.1, 0.15) is 5.54 Å². The fraction of sp³-hybridized carbons (Fsp3) is 0.524. The Kier molecular flexibility index (Phi) is 6.87. The molecule has 1 aromatic carbocycles. The first-order valence-corrected chi connectivity index (χ1v) is 10.0. The summed E-state index contributed by atoms with van der Waals surface area (Å²) in [6.07, 6.45) is -1.19. The van der Waals surface area contributed by atoms with E-state index in [2.05, 4.69) is 20.4 Å². The Balaban J connectivity index is 1.60. The van der Waals surface area contributed by atoms with E-state index in [0.29, 0.717) is 25.7 Å². The second-order valence-electron chi connectivity index (χ2n) is 8.37. The van der Waals surface area contributed by atoms with Crippen LogP contribution in [-0.4, -0.2) is 41.3 Å². The van der Waals surface area contributed by atoms with Crippen molar-refractivity contribution in [1.82, 2.24) is 15.6 Å². The third kappa shape index (κ3) is 5.62. The monoisotopic (exact) mass is 463 g/mol. The first kappa shape index (κ1) is 24.1. The van der Waals surface area contributed by atoms with Gasteiger partial charge in [-0.05, 0) is 51.7 Å². The minimum Gasteiger partial charge on any atom is -0.432 e. The number of halogens is 6. The van der Waals surface area contributed by atoms with E-state index in [-0.39, 0.29) is 28.6 Å². The lowest BCUT2D eigenvalue weighted by atomic mass is 9.89. The van der Waals surface area contributed by atoms with Crippen molar-refractivity contribution in [3.63, 3.8) is 0 Å². The summed E-state index contributed by atoms with van der Waals surface area (Å²) in [5.74, 6) is -2.11. The van der Waals surface area contributed by atoms with Gasteiger partial charge < -0.3 is 15.4 Å². The molecule has 32 heavy (non-hydrogen) atoms. The molecule has 1 heterocycles. The first-order valence-electron chi connectivity index (χ1n) is 10.0. The second-order valence-corrected chi connectivity index (χ2v) is 8.37. The molecule has 1 aliphatic carbocycles. The van der Waals surface area contributed by atoms with Gasteiger partial charge in [0, 0.05) is 29.7 Å². The summed E-state index contributed by atoms with van der Waals surface area (Å²) in [4.78, 5) is 16.6. The van der Waals surface area contributed by atoms with Crippen molar-refractivity contribution in [2.24, 2.45) is 0 Å². The number of hydrogen-bond acceptors (Lipinski definition) is 4. The Morgan fingerprint density at radius 1 is 1.09 bits per heavy atom. The molecule has 5 nitrogen and oxygen atoms in total. The van der Waals surface area contributed by atoms with Crippen LogP contribution in [0.4, 0.5) is 26.3 Å². The van der Waals surface area contributed by atoms with Crippen LogP contribution < -0.4 is 15.4 Å². The summed E-state index contributed by atoms with van der Waals surface area (Å²) in [6, 6.07) is 2.83. The summed E-state index contributed by atoms with van der Waals surface area (Å²) in [5.41, 5.74) is -1.67. The number of fused-ring (bicyclic) bond motifs is 1. The van der Waals surface area contributed by atoms with E-state index < -0.39 is 35.8 Å². The molecule has 0 spiro atoms. The molecule has 2 aromatic rings. The zero-order chi connectivity index (χ0) is 23.7. The van der Waals surface area contributed by atoms with Gasteiger partial charge in [0.2, 0.25) is 0 Å². The van der Waals surface area contributed by atoms with Crippen molar-refractivity contribution in [1.29, 1.82) is 0 Å². The normalized spacial score (nSPS) is 19.9. The average Bonchev–Trinajstić information content (AvgIpc) is 2.68. The van der Waals surface area contributed by atoms with Crippen molar-refractivity contribution in [2.75, 3.05) is 0 Å². The molecule has 0 aliphatic heterocycles. The Morgan fingerprint density at radius 3 is 2.31 bits per heavy atom. The van der Waals surface area contributed by atoms with E-state index in [1.807, 2.05) is 0 Å². The van der Waals surface area contributed by atoms with Crippen LogP contribution in [0.15, 0.2) is 24.4 Å². The van der Waals surface area contributed by atoms with Gasteiger partial charge in [-0.25, -0.2) is 4.39 Å². The van der Waals surface area contributed by atoms with Crippen LogP contribution in [0.25, 0.3) is 10.9 Å². The number of ether oxygens (including phenoxy) is 1. The summed E-state index contributed by atoms with van der Waals surface area (Å²) in [7, 11) is 0. The SMILES string of the molecule is CC(C)(NC1CCC(NC(=O)c2cnc3cc(OC(F)F)c(F)cc3c2)CC1)C(F)(F)F. The molecule has 0 atom stereocenters. The molecule has 176 valence electrons. The number of amides is 1. The Hall–Kier alpha value is -2.56. The Bertz CT molecular complexity index is 972. The van der Waals surface area contributed by atoms with Crippen molar-refractivity contribution < 1.29 is 35.9 Å². The maximum atomic E-state index is 14.0. The highest BCUT2D eigenvalue weighted by molar-refractivity contribution is 5.97. The number of alkyl halides is 5. The highest BCUT2D eigenvalue weighted by Crippen LogP contribution is 2.32. The third-order valence-corrected chi connectivity index (χ3v) is 5.55. The molecule has 0 unspecified atom stereocenters. The van der Waals surface area contributed by atoms with Gasteiger partial charge in [0.15, 0.2) is 11.6 Å². The van der Waals surface area contributed by atoms with E-state index in [1.165, 1.54) is 12.3 Å². The molecule has 1 fully saturated rings. The Labute approximate surface area is 180 Å². The third-order valence-electron chi connectivity index (χ3n) is 5.55. The molecule has 2 N–H and O–H groups in total. The molecule has 1 amide bonds. The number of rotatable bonds is 6. The summed E-state index contributed by atoms with van der Waals surface area (Å²) >= 11 is 0. The molecule has 3 rings (SSSR count). The number of nitrogens with zero attached hydrogens (tertiary/aromatic N) is 1. The van der Waals surface area contributed by atoms with Gasteiger partial charge in [-0.3, -0.25) is 9.78 Å². The fourth-order valence-electron chi connectivity index (χ4n) is 3.68. The number of carbonyl (C=O) groups excluding carboxylic acids is 1. The first-order chi connectivity index (χ1) is 14.9. The minimum atomic E-state index is -4.37. The summed E-state index contributed by atoms with van der Waals surface area (Å²) < 4.78 is 81.9. The molecule has 0 bridgehead atoms. The summed E-state index contributed by atoms with van der Waals surface area (Å²) in [6.45, 7) is -0.991. The zero-order valence-corrected chi connectivity index (χ0v) is 17.4. The maximum Gasteiger partial charge on any atom is 0.406 e. The molecular weight excluding hydrogens is 440 g/mol. The van der Waals surface area contributed by atoms with Crippen LogP contribution >= 0.6 is 0 Å². The van der Waals surface area contributed by atoms with Crippen LogP contribution in [0, 0.1) is 5.82 Å². The molecular formula is C21H23F6N3O2. The lowest BCUT2D eigenvalue weighted by Gasteiger charge is -2.37. The van der Waals surface area contributed by atoms with Crippen LogP contribution in [0.1, 0.15) is 49.9 Å². The molecule has 1 aliphatic rings. The van der Waals surface area contributed by atoms with E-state index in [9.17, 15) is 31.1 Å². The van der Waals surface area contributed by atoms with E-state index >= 15 is 0 Å². The van der Waals surface area contributed by atoms with Gasteiger partial charge in [0.25, 0.3) is 5.91 Å². The quantitative estimate of drug-likeness (QED) is 0.596. The Morgan fingerprint density at radius 2 is 1.72 bits per heavy atom. The summed E-state index contributed by atoms with van der Waals surface area (Å²) in [5, 5.41) is 5.70. The number of pyridine rings is 1. The van der Waals surface area contributed by atoms with Gasteiger partial charge in [-0.2, -0.15) is 22.0 Å². The van der Waals surface area contributed by atoms with Crippen molar-refractivity contribution in [2.45, 2.75) is 69.9 Å². The average molecular weight is 463 g/mol. The number of aromatic nitrogens is 1. The molecule has 1 saturated carbocycles. The van der Waals surface area contributed by atoms with Crippen molar-refractivity contribution >= 4 is 16.8 Å². The zero-order valence-electron chi connectivity index (χ0n) is 17.4. The van der Waals surface area contributed by atoms with Crippen molar-refractivity contribution in [3.8, 4) is 5.75 Å². The number of carbonyl (C=O) groups is 1. The lowest BCUT2D eigenvalue weighted by Crippen LogP contribution is -2.57. The van der Waals surface area contributed by atoms with Gasteiger partial charge in [0.05, 0.1) is 11.1 Å². The van der Waals surface area contributed by atoms with Gasteiger partial charge >= 0.3 is 12.8 Å². The smallest absolute Gasteiger partial charge is 0.406 e. The molecule has 1 aromatic heterocycles. The van der Waals surface area contributed by atoms with Crippen LogP contribution in [-0.2, 0) is 0 Å². The highest BCUT2D eigenvalue weighted by Gasteiger charge is 2.48. The van der Waals surface area contributed by atoms with Gasteiger partial charge in [-0.1, -0.05) is 0 Å². The number of hydrogen-bond donors (Lipinski definition) is 2. The maximum absolute atomic E-state index is 14.0. The van der Waals surface area contributed by atoms with E-state index in [4.69, 9.17) is 0 Å². The van der Waals surface area contributed by atoms with E-state index in [1.54, 1.807) is 0 Å². The largest absolute Gasteiger partial charge is 0.432 e. The standard InChI is InChI=1S/C21H23F6N3O2/c1-20(2,21(25,26)27)30-14-5-3-13(4-6-14)29-18(31)12-7-11-8-15(22)17(32-19(23)24)9-16(11)28-10-12/h7-10,13-14,19,30H,3-6H2,1-2H3,(H,29,31). The van der Waals surface area contributed by atoms with Gasteiger partial charge in [-0.15, -0.1) is 0 Å². The topological polar surface area (TPSA) is 63.2 Å². The number of benzene rings is 1. The second kappa shape index (κ2) is 9.13. The lowest BCUT2D eigenvalue weighted by molar-refractivity contribution is -0.188. The van der Waals surface area contributed by atoms with Crippen LogP contribution in [0.2, 0.25) is 0 Å².